The number of hydrogen-bond donors (Lipinski definition) is 0. The number of furan rings is 1. The summed E-state index contributed by atoms with van der Waals surface area (Å²) in [6.45, 7) is 2.86. The van der Waals surface area contributed by atoms with Gasteiger partial charge in [0.25, 0.3) is 0 Å². The van der Waals surface area contributed by atoms with E-state index in [4.69, 9.17) is 4.42 Å². The number of benzene rings is 2. The molecule has 0 fully saturated rings. The molecular formula is C19H16N2O. The lowest BCUT2D eigenvalue weighted by Crippen LogP contribution is -2.00. The fraction of sp³-hybridized carbons (Fsp3) is 0.105. The van der Waals surface area contributed by atoms with E-state index in [0.29, 0.717) is 0 Å². The molecule has 2 heterocycles. The highest BCUT2D eigenvalue weighted by atomic mass is 16.3. The van der Waals surface area contributed by atoms with Crippen molar-refractivity contribution >= 4 is 11.0 Å². The zero-order valence-corrected chi connectivity index (χ0v) is 12.4. The van der Waals surface area contributed by atoms with Crippen molar-refractivity contribution in [2.45, 2.75) is 13.5 Å². The summed E-state index contributed by atoms with van der Waals surface area (Å²) >= 11 is 0. The van der Waals surface area contributed by atoms with Crippen LogP contribution in [0.2, 0.25) is 0 Å². The molecule has 22 heavy (non-hydrogen) atoms. The number of hydrogen-bond acceptors (Lipinski definition) is 2. The molecule has 0 radical (unpaired) electrons. The van der Waals surface area contributed by atoms with Crippen LogP contribution in [-0.4, -0.2) is 9.78 Å². The first kappa shape index (κ1) is 12.9. The number of fused-ring (bicyclic) bond motifs is 1. The van der Waals surface area contributed by atoms with Crippen LogP contribution in [0.3, 0.4) is 0 Å². The standard InChI is InChI=1S/C19H16N2O/c1-14-6-8-15(9-7-14)13-21-11-10-17(20-21)19-12-16-4-2-3-5-18(16)22-19/h2-12H,13H2,1H3. The van der Waals surface area contributed by atoms with Gasteiger partial charge in [-0.05, 0) is 30.7 Å². The first-order chi connectivity index (χ1) is 10.8. The lowest BCUT2D eigenvalue weighted by atomic mass is 10.1. The zero-order chi connectivity index (χ0) is 14.9. The molecule has 0 N–H and O–H groups in total. The van der Waals surface area contributed by atoms with E-state index in [9.17, 15) is 0 Å². The van der Waals surface area contributed by atoms with Gasteiger partial charge in [-0.15, -0.1) is 0 Å². The second kappa shape index (κ2) is 5.19. The van der Waals surface area contributed by atoms with Crippen LogP contribution in [0.1, 0.15) is 11.1 Å². The molecule has 0 saturated heterocycles. The predicted octanol–water partition coefficient (Wildman–Crippen LogP) is 4.65. The average Bonchev–Trinajstić information content (AvgIpc) is 3.15. The summed E-state index contributed by atoms with van der Waals surface area (Å²) < 4.78 is 7.80. The van der Waals surface area contributed by atoms with Crippen LogP contribution < -0.4 is 0 Å². The number of aryl methyl sites for hydroxylation is 1. The smallest absolute Gasteiger partial charge is 0.155 e. The Labute approximate surface area is 128 Å². The average molecular weight is 288 g/mol. The van der Waals surface area contributed by atoms with Gasteiger partial charge >= 0.3 is 0 Å². The molecule has 4 aromatic rings. The summed E-state index contributed by atoms with van der Waals surface area (Å²) in [4.78, 5) is 0. The molecule has 0 aliphatic heterocycles. The molecule has 3 nitrogen and oxygen atoms in total. The Bertz CT molecular complexity index is 883. The summed E-state index contributed by atoms with van der Waals surface area (Å²) in [5, 5.41) is 5.72. The topological polar surface area (TPSA) is 31.0 Å². The third kappa shape index (κ3) is 2.42. The maximum atomic E-state index is 5.86. The highest BCUT2D eigenvalue weighted by Crippen LogP contribution is 2.26. The second-order valence-electron chi connectivity index (χ2n) is 5.53. The molecule has 0 aliphatic rings. The van der Waals surface area contributed by atoms with Crippen LogP contribution in [0.25, 0.3) is 22.4 Å². The molecule has 2 aromatic heterocycles. The quantitative estimate of drug-likeness (QED) is 0.549. The predicted molar refractivity (Wildman–Crippen MR) is 87.7 cm³/mol. The maximum absolute atomic E-state index is 5.86. The molecule has 0 atom stereocenters. The van der Waals surface area contributed by atoms with Gasteiger partial charge in [0.05, 0.1) is 6.54 Å². The first-order valence-corrected chi connectivity index (χ1v) is 7.36. The molecule has 0 bridgehead atoms. The summed E-state index contributed by atoms with van der Waals surface area (Å²) in [6, 6.07) is 20.6. The Morgan fingerprint density at radius 2 is 1.82 bits per heavy atom. The highest BCUT2D eigenvalue weighted by Gasteiger charge is 2.09. The van der Waals surface area contributed by atoms with Gasteiger partial charge in [-0.3, -0.25) is 4.68 Å². The summed E-state index contributed by atoms with van der Waals surface area (Å²) in [6.07, 6.45) is 1.99. The highest BCUT2D eigenvalue weighted by molar-refractivity contribution is 5.81. The van der Waals surface area contributed by atoms with Crippen LogP contribution in [0.5, 0.6) is 0 Å². The number of para-hydroxylation sites is 1. The van der Waals surface area contributed by atoms with Crippen molar-refractivity contribution in [1.29, 1.82) is 0 Å². The van der Waals surface area contributed by atoms with Crippen LogP contribution in [0.15, 0.2) is 71.3 Å². The van der Waals surface area contributed by atoms with Gasteiger partial charge in [0.15, 0.2) is 5.76 Å². The molecular weight excluding hydrogens is 272 g/mol. The van der Waals surface area contributed by atoms with Gasteiger partial charge in [0.2, 0.25) is 0 Å². The maximum Gasteiger partial charge on any atom is 0.155 e. The van der Waals surface area contributed by atoms with E-state index in [2.05, 4.69) is 36.3 Å². The van der Waals surface area contributed by atoms with Gasteiger partial charge in [-0.2, -0.15) is 5.10 Å². The van der Waals surface area contributed by atoms with Gasteiger partial charge < -0.3 is 4.42 Å². The van der Waals surface area contributed by atoms with Crippen molar-refractivity contribution < 1.29 is 4.42 Å². The molecule has 0 unspecified atom stereocenters. The number of aromatic nitrogens is 2. The SMILES string of the molecule is Cc1ccc(Cn2ccc(-c3cc4ccccc4o3)n2)cc1. The van der Waals surface area contributed by atoms with E-state index in [0.717, 1.165) is 29.0 Å². The van der Waals surface area contributed by atoms with Crippen molar-refractivity contribution in [2.75, 3.05) is 0 Å². The van der Waals surface area contributed by atoms with Gasteiger partial charge in [0.1, 0.15) is 11.3 Å². The summed E-state index contributed by atoms with van der Waals surface area (Å²) in [5.74, 6) is 0.809. The van der Waals surface area contributed by atoms with E-state index < -0.39 is 0 Å². The molecule has 2 aromatic carbocycles. The Morgan fingerprint density at radius 1 is 1.00 bits per heavy atom. The Morgan fingerprint density at radius 3 is 2.64 bits per heavy atom. The Hall–Kier alpha value is -2.81. The van der Waals surface area contributed by atoms with E-state index in [1.807, 2.05) is 47.3 Å². The summed E-state index contributed by atoms with van der Waals surface area (Å²) in [7, 11) is 0. The number of rotatable bonds is 3. The van der Waals surface area contributed by atoms with E-state index in [1.54, 1.807) is 0 Å². The molecule has 0 amide bonds. The Balaban J connectivity index is 1.61. The third-order valence-electron chi connectivity index (χ3n) is 3.78. The van der Waals surface area contributed by atoms with Gasteiger partial charge in [-0.1, -0.05) is 48.0 Å². The van der Waals surface area contributed by atoms with Gasteiger partial charge in [0, 0.05) is 11.6 Å². The lowest BCUT2D eigenvalue weighted by Gasteiger charge is -2.02. The van der Waals surface area contributed by atoms with Gasteiger partial charge in [-0.25, -0.2) is 0 Å². The van der Waals surface area contributed by atoms with E-state index >= 15 is 0 Å². The monoisotopic (exact) mass is 288 g/mol. The van der Waals surface area contributed by atoms with E-state index in [1.165, 1.54) is 11.1 Å². The molecule has 108 valence electrons. The van der Waals surface area contributed by atoms with Crippen LogP contribution in [0.4, 0.5) is 0 Å². The third-order valence-corrected chi connectivity index (χ3v) is 3.78. The first-order valence-electron chi connectivity index (χ1n) is 7.36. The largest absolute Gasteiger partial charge is 0.454 e. The van der Waals surface area contributed by atoms with E-state index in [-0.39, 0.29) is 0 Å². The molecule has 3 heteroatoms. The molecule has 0 spiro atoms. The summed E-state index contributed by atoms with van der Waals surface area (Å²) in [5.41, 5.74) is 4.27. The van der Waals surface area contributed by atoms with Crippen molar-refractivity contribution in [3.05, 3.63) is 78.0 Å². The normalized spacial score (nSPS) is 11.1. The minimum absolute atomic E-state index is 0.764. The van der Waals surface area contributed by atoms with Crippen molar-refractivity contribution in [1.82, 2.24) is 9.78 Å². The lowest BCUT2D eigenvalue weighted by molar-refractivity contribution is 0.621. The van der Waals surface area contributed by atoms with Crippen LogP contribution >= 0.6 is 0 Å². The zero-order valence-electron chi connectivity index (χ0n) is 12.4. The van der Waals surface area contributed by atoms with Crippen molar-refractivity contribution in [2.24, 2.45) is 0 Å². The van der Waals surface area contributed by atoms with Crippen molar-refractivity contribution in [3.8, 4) is 11.5 Å². The fourth-order valence-corrected chi connectivity index (χ4v) is 2.57. The molecule has 0 aliphatic carbocycles. The van der Waals surface area contributed by atoms with Crippen molar-refractivity contribution in [3.63, 3.8) is 0 Å². The minimum atomic E-state index is 0.764. The van der Waals surface area contributed by atoms with Crippen LogP contribution in [-0.2, 0) is 6.54 Å². The minimum Gasteiger partial charge on any atom is -0.454 e. The number of nitrogens with zero attached hydrogens (tertiary/aromatic N) is 2. The second-order valence-corrected chi connectivity index (χ2v) is 5.53. The molecule has 4 rings (SSSR count). The Kier molecular flexibility index (Phi) is 3.04. The van der Waals surface area contributed by atoms with Crippen LogP contribution in [0, 0.1) is 6.92 Å². The fourth-order valence-electron chi connectivity index (χ4n) is 2.57. The molecule has 0 saturated carbocycles.